The zero-order chi connectivity index (χ0) is 22.3. The van der Waals surface area contributed by atoms with E-state index >= 15 is 0 Å². The molecule has 6 heteroatoms. The van der Waals surface area contributed by atoms with E-state index in [4.69, 9.17) is 9.47 Å². The smallest absolute Gasteiger partial charge is 0.223 e. The minimum absolute atomic E-state index is 0.128. The molecule has 2 aliphatic rings. The zero-order valence-electron chi connectivity index (χ0n) is 19.0. The number of carbonyl (C=O) groups excluding carboxylic acids is 1. The Bertz CT molecular complexity index is 848. The Balaban J connectivity index is 2.05. The van der Waals surface area contributed by atoms with E-state index < -0.39 is 16.8 Å². The summed E-state index contributed by atoms with van der Waals surface area (Å²) in [4.78, 5) is 14.8. The lowest BCUT2D eigenvalue weighted by Crippen LogP contribution is -2.58. The van der Waals surface area contributed by atoms with E-state index in [1.807, 2.05) is 44.7 Å². The topological polar surface area (TPSA) is 82.8 Å². The van der Waals surface area contributed by atoms with Crippen LogP contribution in [-0.2, 0) is 9.53 Å². The van der Waals surface area contributed by atoms with Gasteiger partial charge in [0.05, 0.1) is 41.4 Å². The van der Waals surface area contributed by atoms with Crippen LogP contribution < -0.4 is 4.74 Å². The molecule has 3 rings (SSSR count). The number of amides is 1. The van der Waals surface area contributed by atoms with E-state index in [0.29, 0.717) is 37.3 Å². The molecule has 30 heavy (non-hydrogen) atoms. The van der Waals surface area contributed by atoms with Gasteiger partial charge in [-0.15, -0.1) is 0 Å². The molecule has 1 saturated heterocycles. The number of likely N-dealkylation sites (tertiary alicyclic amines) is 1. The first-order chi connectivity index (χ1) is 13.9. The molecular formula is C24H34N2O4. The summed E-state index contributed by atoms with van der Waals surface area (Å²) >= 11 is 0. The molecule has 0 radical (unpaired) electrons. The molecule has 0 spiro atoms. The molecule has 1 aromatic rings. The maximum absolute atomic E-state index is 12.8. The van der Waals surface area contributed by atoms with E-state index in [-0.39, 0.29) is 17.9 Å². The van der Waals surface area contributed by atoms with Crippen LogP contribution in [-0.4, -0.2) is 45.9 Å². The molecule has 0 aromatic heterocycles. The molecule has 2 atom stereocenters. The Hall–Kier alpha value is -2.10. The van der Waals surface area contributed by atoms with Crippen LogP contribution in [0.4, 0.5) is 0 Å². The lowest BCUT2D eigenvalue weighted by Gasteiger charge is -2.53. The van der Waals surface area contributed by atoms with Gasteiger partial charge < -0.3 is 19.5 Å². The molecule has 0 bridgehead atoms. The first-order valence-electron chi connectivity index (χ1n) is 10.7. The van der Waals surface area contributed by atoms with Gasteiger partial charge in [-0.3, -0.25) is 4.79 Å². The van der Waals surface area contributed by atoms with Gasteiger partial charge in [0, 0.05) is 18.5 Å². The van der Waals surface area contributed by atoms with E-state index in [1.54, 1.807) is 19.9 Å². The van der Waals surface area contributed by atoms with Crippen LogP contribution in [0.1, 0.15) is 78.0 Å². The van der Waals surface area contributed by atoms with Crippen LogP contribution in [0, 0.1) is 17.2 Å². The highest BCUT2D eigenvalue weighted by molar-refractivity contribution is 5.79. The minimum Gasteiger partial charge on any atom is -0.487 e. The predicted octanol–water partition coefficient (Wildman–Crippen LogP) is 3.97. The fourth-order valence-corrected chi connectivity index (χ4v) is 5.03. The van der Waals surface area contributed by atoms with E-state index in [0.717, 1.165) is 12.0 Å². The fraction of sp³-hybridized carbons (Fsp3) is 0.667. The maximum Gasteiger partial charge on any atom is 0.223 e. The van der Waals surface area contributed by atoms with E-state index in [2.05, 4.69) is 6.07 Å². The van der Waals surface area contributed by atoms with Crippen molar-refractivity contribution in [2.24, 2.45) is 5.92 Å². The molecule has 0 unspecified atom stereocenters. The third-order valence-corrected chi connectivity index (χ3v) is 6.28. The van der Waals surface area contributed by atoms with Crippen LogP contribution in [0.5, 0.6) is 5.75 Å². The Kier molecular flexibility index (Phi) is 5.92. The lowest BCUT2D eigenvalue weighted by molar-refractivity contribution is -0.165. The number of ether oxygens (including phenoxy) is 2. The Morgan fingerprint density at radius 1 is 1.33 bits per heavy atom. The molecule has 2 aliphatic heterocycles. The molecule has 6 nitrogen and oxygen atoms in total. The molecule has 2 heterocycles. The molecule has 1 fully saturated rings. The molecule has 0 saturated carbocycles. The number of hydrogen-bond acceptors (Lipinski definition) is 5. The van der Waals surface area contributed by atoms with Crippen LogP contribution in [0.2, 0.25) is 0 Å². The number of hydrogen-bond donors (Lipinski definition) is 1. The SMILES string of the molecule is CC(C)(O)CCOC(C)(C)[C@@H]1[C@@H](N2CCCC2=O)c2cc(C#N)ccc2OC1(C)C. The summed E-state index contributed by atoms with van der Waals surface area (Å²) < 4.78 is 12.7. The molecule has 0 aliphatic carbocycles. The highest BCUT2D eigenvalue weighted by Crippen LogP contribution is 2.52. The summed E-state index contributed by atoms with van der Waals surface area (Å²) in [6.07, 6.45) is 1.88. The Morgan fingerprint density at radius 3 is 2.60 bits per heavy atom. The highest BCUT2D eigenvalue weighted by Gasteiger charge is 2.55. The summed E-state index contributed by atoms with van der Waals surface area (Å²) in [6, 6.07) is 7.40. The van der Waals surface area contributed by atoms with Crippen molar-refractivity contribution in [1.29, 1.82) is 5.26 Å². The van der Waals surface area contributed by atoms with Gasteiger partial charge in [0.2, 0.25) is 5.91 Å². The second kappa shape index (κ2) is 7.86. The third kappa shape index (κ3) is 4.48. The fourth-order valence-electron chi connectivity index (χ4n) is 5.03. The second-order valence-corrected chi connectivity index (χ2v) is 10.2. The van der Waals surface area contributed by atoms with Crippen molar-refractivity contribution in [3.63, 3.8) is 0 Å². The monoisotopic (exact) mass is 414 g/mol. The van der Waals surface area contributed by atoms with Crippen molar-refractivity contribution in [2.75, 3.05) is 13.2 Å². The molecule has 1 N–H and O–H groups in total. The van der Waals surface area contributed by atoms with Crippen LogP contribution in [0.3, 0.4) is 0 Å². The quantitative estimate of drug-likeness (QED) is 0.762. The van der Waals surface area contributed by atoms with Crippen molar-refractivity contribution in [2.45, 2.75) is 83.6 Å². The average Bonchev–Trinajstić information content (AvgIpc) is 3.03. The van der Waals surface area contributed by atoms with Gasteiger partial charge in [0.15, 0.2) is 0 Å². The standard InChI is InChI=1S/C24H34N2O4/c1-22(2,28)11-13-29-23(3,4)21-20(26-12-7-8-19(26)27)17-14-16(15-25)9-10-18(17)30-24(21,5)6/h9-10,14,20-21,28H,7-8,11-13H2,1-6H3/t20-,21-/m0/s1. The predicted molar refractivity (Wildman–Crippen MR) is 114 cm³/mol. The summed E-state index contributed by atoms with van der Waals surface area (Å²) in [6.45, 7) is 12.7. The largest absolute Gasteiger partial charge is 0.487 e. The van der Waals surface area contributed by atoms with Crippen molar-refractivity contribution in [1.82, 2.24) is 4.90 Å². The van der Waals surface area contributed by atoms with Crippen molar-refractivity contribution < 1.29 is 19.4 Å². The van der Waals surface area contributed by atoms with Crippen LogP contribution >= 0.6 is 0 Å². The average molecular weight is 415 g/mol. The number of fused-ring (bicyclic) bond motifs is 1. The summed E-state index contributed by atoms with van der Waals surface area (Å²) in [5, 5.41) is 19.5. The van der Waals surface area contributed by atoms with Gasteiger partial charge in [0.1, 0.15) is 11.4 Å². The number of benzene rings is 1. The molecule has 1 aromatic carbocycles. The minimum atomic E-state index is -0.812. The lowest BCUT2D eigenvalue weighted by atomic mass is 9.69. The number of aliphatic hydroxyl groups is 1. The first kappa shape index (κ1) is 22.6. The van der Waals surface area contributed by atoms with Gasteiger partial charge >= 0.3 is 0 Å². The van der Waals surface area contributed by atoms with Gasteiger partial charge in [-0.05, 0) is 72.6 Å². The van der Waals surface area contributed by atoms with Gasteiger partial charge in [-0.25, -0.2) is 0 Å². The summed E-state index contributed by atoms with van der Waals surface area (Å²) in [5.74, 6) is 0.672. The summed E-state index contributed by atoms with van der Waals surface area (Å²) in [5.41, 5.74) is -0.635. The Labute approximate surface area is 179 Å². The van der Waals surface area contributed by atoms with Gasteiger partial charge in [-0.1, -0.05) is 0 Å². The number of nitriles is 1. The van der Waals surface area contributed by atoms with Gasteiger partial charge in [0.25, 0.3) is 0 Å². The van der Waals surface area contributed by atoms with Crippen molar-refractivity contribution in [3.8, 4) is 11.8 Å². The molecule has 1 amide bonds. The molecule has 164 valence electrons. The Morgan fingerprint density at radius 2 is 2.03 bits per heavy atom. The first-order valence-corrected chi connectivity index (χ1v) is 10.7. The number of nitrogens with zero attached hydrogens (tertiary/aromatic N) is 2. The van der Waals surface area contributed by atoms with Crippen molar-refractivity contribution in [3.05, 3.63) is 29.3 Å². The normalized spacial score (nSPS) is 23.7. The zero-order valence-corrected chi connectivity index (χ0v) is 19.0. The van der Waals surface area contributed by atoms with Gasteiger partial charge in [-0.2, -0.15) is 5.26 Å². The maximum atomic E-state index is 12.8. The van der Waals surface area contributed by atoms with E-state index in [1.165, 1.54) is 0 Å². The number of carbonyl (C=O) groups is 1. The van der Waals surface area contributed by atoms with Crippen molar-refractivity contribution >= 4 is 5.91 Å². The van der Waals surface area contributed by atoms with Crippen LogP contribution in [0.25, 0.3) is 0 Å². The highest BCUT2D eigenvalue weighted by atomic mass is 16.5. The van der Waals surface area contributed by atoms with Crippen LogP contribution in [0.15, 0.2) is 18.2 Å². The van der Waals surface area contributed by atoms with E-state index in [9.17, 15) is 15.2 Å². The molecular weight excluding hydrogens is 380 g/mol. The summed E-state index contributed by atoms with van der Waals surface area (Å²) in [7, 11) is 0. The number of rotatable bonds is 6. The third-order valence-electron chi connectivity index (χ3n) is 6.28. The second-order valence-electron chi connectivity index (χ2n) is 10.2.